The lowest BCUT2D eigenvalue weighted by atomic mass is 10.0. The fourth-order valence-electron chi connectivity index (χ4n) is 11.8. The number of aliphatic hydroxyl groups is 1. The molecular formula is C80H151N2O6P. The molecule has 1 amide bonds. The van der Waals surface area contributed by atoms with Gasteiger partial charge in [-0.1, -0.05) is 382 Å². The molecule has 0 saturated heterocycles. The number of allylic oxidation sites excluding steroid dienone is 12. The van der Waals surface area contributed by atoms with Gasteiger partial charge >= 0.3 is 0 Å². The number of nitrogens with one attached hydrogen (secondary N) is 1. The van der Waals surface area contributed by atoms with Crippen LogP contribution in [0.1, 0.15) is 380 Å². The van der Waals surface area contributed by atoms with Gasteiger partial charge < -0.3 is 28.8 Å². The van der Waals surface area contributed by atoms with Gasteiger partial charge in [-0.15, -0.1) is 0 Å². The van der Waals surface area contributed by atoms with Gasteiger partial charge in [0.1, 0.15) is 13.2 Å². The van der Waals surface area contributed by atoms with Crippen molar-refractivity contribution in [1.29, 1.82) is 0 Å². The van der Waals surface area contributed by atoms with Gasteiger partial charge in [0.15, 0.2) is 0 Å². The molecule has 0 aromatic carbocycles. The molecule has 2 N–H and O–H groups in total. The first-order valence-corrected chi connectivity index (χ1v) is 40.2. The van der Waals surface area contributed by atoms with E-state index in [9.17, 15) is 19.4 Å². The van der Waals surface area contributed by atoms with Crippen molar-refractivity contribution >= 4 is 13.7 Å². The summed E-state index contributed by atoms with van der Waals surface area (Å²) in [5.41, 5.74) is 0. The number of phosphoric acid groups is 1. The third-order valence-electron chi connectivity index (χ3n) is 17.7. The van der Waals surface area contributed by atoms with Crippen molar-refractivity contribution in [2.75, 3.05) is 40.9 Å². The Bertz CT molecular complexity index is 1680. The molecule has 0 aliphatic rings. The molecule has 9 heteroatoms. The average molecular weight is 1270 g/mol. The Morgan fingerprint density at radius 1 is 0.404 bits per heavy atom. The number of nitrogens with zero attached hydrogens (tertiary/aromatic N) is 1. The minimum absolute atomic E-state index is 0.0134. The monoisotopic (exact) mass is 1270 g/mol. The van der Waals surface area contributed by atoms with Crippen molar-refractivity contribution in [3.8, 4) is 0 Å². The maximum Gasteiger partial charge on any atom is 0.268 e. The van der Waals surface area contributed by atoms with Gasteiger partial charge in [0.25, 0.3) is 7.82 Å². The summed E-state index contributed by atoms with van der Waals surface area (Å²) in [7, 11) is 1.32. The second-order valence-electron chi connectivity index (χ2n) is 27.7. The summed E-state index contributed by atoms with van der Waals surface area (Å²) in [6, 6.07) is -0.803. The molecule has 89 heavy (non-hydrogen) atoms. The molecule has 3 atom stereocenters. The highest BCUT2D eigenvalue weighted by Gasteiger charge is 2.24. The highest BCUT2D eigenvalue weighted by molar-refractivity contribution is 7.45. The van der Waals surface area contributed by atoms with Crippen LogP contribution in [-0.2, 0) is 18.4 Å². The number of aliphatic hydroxyl groups excluding tert-OH is 1. The molecule has 522 valence electrons. The van der Waals surface area contributed by atoms with Crippen LogP contribution in [0, 0.1) is 0 Å². The molecule has 0 aliphatic carbocycles. The first-order chi connectivity index (χ1) is 43.5. The van der Waals surface area contributed by atoms with Crippen LogP contribution < -0.4 is 10.2 Å². The van der Waals surface area contributed by atoms with Crippen LogP contribution in [-0.4, -0.2) is 68.5 Å². The molecule has 0 saturated carbocycles. The third kappa shape index (κ3) is 73.2. The second-order valence-corrected chi connectivity index (χ2v) is 29.1. The van der Waals surface area contributed by atoms with Crippen LogP contribution >= 0.6 is 7.82 Å². The van der Waals surface area contributed by atoms with Gasteiger partial charge in [-0.05, 0) is 64.2 Å². The highest BCUT2D eigenvalue weighted by atomic mass is 31.2. The average Bonchev–Trinajstić information content (AvgIpc) is 3.61. The van der Waals surface area contributed by atoms with Crippen molar-refractivity contribution in [3.63, 3.8) is 0 Å². The summed E-state index contributed by atoms with van der Waals surface area (Å²) >= 11 is 0. The van der Waals surface area contributed by atoms with Crippen molar-refractivity contribution in [1.82, 2.24) is 5.32 Å². The van der Waals surface area contributed by atoms with Crippen LogP contribution in [0.15, 0.2) is 72.9 Å². The molecule has 0 aromatic rings. The van der Waals surface area contributed by atoms with Crippen molar-refractivity contribution < 1.29 is 32.9 Å². The number of quaternary nitrogens is 1. The zero-order chi connectivity index (χ0) is 64.8. The number of hydrogen-bond donors (Lipinski definition) is 2. The van der Waals surface area contributed by atoms with E-state index in [-0.39, 0.29) is 19.1 Å². The van der Waals surface area contributed by atoms with E-state index in [1.165, 1.54) is 276 Å². The number of hydrogen-bond acceptors (Lipinski definition) is 6. The van der Waals surface area contributed by atoms with E-state index in [1.807, 2.05) is 21.1 Å². The lowest BCUT2D eigenvalue weighted by Gasteiger charge is -2.30. The number of unbranched alkanes of at least 4 members (excludes halogenated alkanes) is 47. The lowest BCUT2D eigenvalue weighted by Crippen LogP contribution is -2.46. The number of likely N-dealkylation sites (N-methyl/N-ethyl adjacent to an activating group) is 1. The van der Waals surface area contributed by atoms with Crippen molar-refractivity contribution in [2.24, 2.45) is 0 Å². The van der Waals surface area contributed by atoms with E-state index < -0.39 is 20.0 Å². The molecular weight excluding hydrogens is 1120 g/mol. The van der Waals surface area contributed by atoms with Crippen LogP contribution in [0.5, 0.6) is 0 Å². The minimum Gasteiger partial charge on any atom is -0.756 e. The molecule has 0 spiro atoms. The van der Waals surface area contributed by atoms with E-state index in [0.717, 1.165) is 77.0 Å². The van der Waals surface area contributed by atoms with Gasteiger partial charge in [0.05, 0.1) is 39.9 Å². The van der Waals surface area contributed by atoms with Crippen LogP contribution in [0.3, 0.4) is 0 Å². The first-order valence-electron chi connectivity index (χ1n) is 38.8. The summed E-state index contributed by atoms with van der Waals surface area (Å²) < 4.78 is 23.6. The van der Waals surface area contributed by atoms with Crippen LogP contribution in [0.2, 0.25) is 0 Å². The second kappa shape index (κ2) is 70.3. The van der Waals surface area contributed by atoms with Gasteiger partial charge in [0.2, 0.25) is 5.91 Å². The zero-order valence-corrected chi connectivity index (χ0v) is 60.8. The highest BCUT2D eigenvalue weighted by Crippen LogP contribution is 2.38. The number of carbonyl (C=O) groups excluding carboxylic acids is 1. The van der Waals surface area contributed by atoms with E-state index in [0.29, 0.717) is 23.9 Å². The van der Waals surface area contributed by atoms with Gasteiger partial charge in [-0.2, -0.15) is 0 Å². The minimum atomic E-state index is -4.58. The Hall–Kier alpha value is -2.06. The Morgan fingerprint density at radius 3 is 1.00 bits per heavy atom. The summed E-state index contributed by atoms with van der Waals surface area (Å²) in [6.07, 6.45) is 98.7. The Labute approximate surface area is 554 Å². The standard InChI is InChI=1S/C80H151N2O6P/c1-6-8-10-12-14-16-18-20-22-24-26-28-30-32-34-35-36-37-38-39-40-41-42-43-44-45-46-47-48-50-52-54-56-58-60-62-64-66-68-70-72-74-80(84)81-78(77-88-89(85,86)87-76-75-82(3,4)5)79(83)73-71-69-67-65-63-61-59-57-55-53-51-49-33-31-29-27-25-23-21-19-17-15-13-11-9-7-2/h8,10,14,16,20,22,26,28,32,34,36-37,78-79,83H,6-7,9,11-13,15,17-19,21,23-25,27,29-31,33,35,38-77H2,1-5H3,(H-,81,84,85,86)/b10-8-,16-14-,22-20-,28-26-,34-32-,37-36-. The van der Waals surface area contributed by atoms with E-state index in [1.54, 1.807) is 0 Å². The number of carbonyl (C=O) groups is 1. The zero-order valence-electron chi connectivity index (χ0n) is 59.9. The number of phosphoric ester groups is 1. The maximum atomic E-state index is 13.1. The summed E-state index contributed by atoms with van der Waals surface area (Å²) in [4.78, 5) is 25.7. The topological polar surface area (TPSA) is 108 Å². The summed E-state index contributed by atoms with van der Waals surface area (Å²) in [5, 5.41) is 14.1. The van der Waals surface area contributed by atoms with E-state index in [4.69, 9.17) is 9.05 Å². The summed E-state index contributed by atoms with van der Waals surface area (Å²) in [6.45, 7) is 4.66. The summed E-state index contributed by atoms with van der Waals surface area (Å²) in [5.74, 6) is -0.157. The molecule has 0 fully saturated rings. The molecule has 0 rings (SSSR count). The molecule has 0 radical (unpaired) electrons. The first kappa shape index (κ1) is 86.9. The smallest absolute Gasteiger partial charge is 0.268 e. The lowest BCUT2D eigenvalue weighted by molar-refractivity contribution is -0.870. The predicted molar refractivity (Wildman–Crippen MR) is 390 cm³/mol. The quantitative estimate of drug-likeness (QED) is 0.0272. The Morgan fingerprint density at radius 2 is 0.685 bits per heavy atom. The normalized spacial score (nSPS) is 13.9. The number of rotatable bonds is 72. The maximum absolute atomic E-state index is 13.1. The molecule has 0 bridgehead atoms. The largest absolute Gasteiger partial charge is 0.756 e. The van der Waals surface area contributed by atoms with Crippen LogP contribution in [0.25, 0.3) is 0 Å². The predicted octanol–water partition coefficient (Wildman–Crippen LogP) is 24.7. The van der Waals surface area contributed by atoms with Crippen LogP contribution in [0.4, 0.5) is 0 Å². The van der Waals surface area contributed by atoms with Gasteiger partial charge in [0, 0.05) is 6.42 Å². The Balaban J connectivity index is 3.92. The SMILES string of the molecule is CC/C=C\C/C=C\C/C=C\C/C=C\C/C=C\C/C=C\CCCCCCCCCCCCCCCCCCCCCCCCC(=O)NC(COP(=O)([O-])OCC[N+](C)(C)C)C(O)CCCCCCCCCCCCCCCCCCCCCCCCCCCC. The van der Waals surface area contributed by atoms with Crippen molar-refractivity contribution in [3.05, 3.63) is 72.9 Å². The number of amides is 1. The Kier molecular flexibility index (Phi) is 68.6. The van der Waals surface area contributed by atoms with Gasteiger partial charge in [-0.25, -0.2) is 0 Å². The third-order valence-corrected chi connectivity index (χ3v) is 18.7. The van der Waals surface area contributed by atoms with Gasteiger partial charge in [-0.3, -0.25) is 9.36 Å². The molecule has 3 unspecified atom stereocenters. The fourth-order valence-corrected chi connectivity index (χ4v) is 12.5. The fraction of sp³-hybridized carbons (Fsp3) is 0.838. The molecule has 0 aromatic heterocycles. The van der Waals surface area contributed by atoms with E-state index in [2.05, 4.69) is 92.1 Å². The molecule has 0 aliphatic heterocycles. The van der Waals surface area contributed by atoms with E-state index >= 15 is 0 Å². The van der Waals surface area contributed by atoms with Crippen molar-refractivity contribution in [2.45, 2.75) is 392 Å². The molecule has 0 heterocycles. The molecule has 8 nitrogen and oxygen atoms in total.